The van der Waals surface area contributed by atoms with Gasteiger partial charge in [-0.15, -0.1) is 0 Å². The first-order chi connectivity index (χ1) is 19.0. The van der Waals surface area contributed by atoms with Gasteiger partial charge in [-0.25, -0.2) is 4.98 Å². The molecule has 8 heteroatoms. The Balaban J connectivity index is 1.33. The Kier molecular flexibility index (Phi) is 8.10. The van der Waals surface area contributed by atoms with Gasteiger partial charge in [0.25, 0.3) is 0 Å². The van der Waals surface area contributed by atoms with E-state index in [2.05, 4.69) is 45.3 Å². The lowest BCUT2D eigenvalue weighted by molar-refractivity contribution is -0.118. The molecule has 4 aromatic rings. The molecule has 7 nitrogen and oxygen atoms in total. The van der Waals surface area contributed by atoms with Crippen molar-refractivity contribution in [2.45, 2.75) is 31.6 Å². The van der Waals surface area contributed by atoms with E-state index in [9.17, 15) is 4.79 Å². The average Bonchev–Trinajstić information content (AvgIpc) is 3.75. The number of hydrogen-bond acceptors (Lipinski definition) is 6. The quantitative estimate of drug-likeness (QED) is 0.161. The first-order valence-electron chi connectivity index (χ1n) is 13.2. The molecule has 39 heavy (non-hydrogen) atoms. The minimum Gasteiger partial charge on any atom is -0.369 e. The molecule has 4 N–H and O–H groups in total. The number of aromatic nitrogens is 2. The molecular weight excluding hydrogens is 508 g/mol. The van der Waals surface area contributed by atoms with Crippen LogP contribution in [0.2, 0.25) is 5.02 Å². The predicted octanol–water partition coefficient (Wildman–Crippen LogP) is 6.54. The van der Waals surface area contributed by atoms with Gasteiger partial charge in [0.15, 0.2) is 0 Å². The zero-order chi connectivity index (χ0) is 27.2. The number of amides is 1. The molecule has 1 fully saturated rings. The maximum absolute atomic E-state index is 13.2. The number of carbonyl (C=O) groups is 1. The number of nitrogens with zero attached hydrogens (tertiary/aromatic N) is 2. The number of rotatable bonds is 11. The molecule has 200 valence electrons. The summed E-state index contributed by atoms with van der Waals surface area (Å²) in [4.78, 5) is 22.6. The lowest BCUT2D eigenvalue weighted by Crippen LogP contribution is -2.27. The Bertz CT molecular complexity index is 1430. The monoisotopic (exact) mass is 540 g/mol. The maximum atomic E-state index is 13.2. The highest BCUT2D eigenvalue weighted by atomic mass is 35.5. The molecule has 5 rings (SSSR count). The SMILES string of the molecule is CNCCCNc1nc(Nc2cccc(C)c2)ncc1-c1ccc(NC(=O)C2(c3ccc(Cl)cc3)CC2)cc1. The summed E-state index contributed by atoms with van der Waals surface area (Å²) >= 11 is 6.04. The molecular formula is C31H33ClN6O. The molecule has 0 radical (unpaired) electrons. The van der Waals surface area contributed by atoms with Crippen LogP contribution in [0.5, 0.6) is 0 Å². The summed E-state index contributed by atoms with van der Waals surface area (Å²) in [6, 6.07) is 23.5. The number of halogens is 1. The number of hydrogen-bond donors (Lipinski definition) is 4. The molecule has 1 aliphatic rings. The smallest absolute Gasteiger partial charge is 0.235 e. The number of aryl methyl sites for hydroxylation is 1. The van der Waals surface area contributed by atoms with Gasteiger partial charge in [-0.05, 0) is 92.9 Å². The van der Waals surface area contributed by atoms with Crippen LogP contribution in [0.4, 0.5) is 23.1 Å². The molecule has 3 aromatic carbocycles. The number of anilines is 4. The normalized spacial score (nSPS) is 13.5. The van der Waals surface area contributed by atoms with Crippen molar-refractivity contribution in [3.05, 3.63) is 95.1 Å². The molecule has 1 amide bonds. The summed E-state index contributed by atoms with van der Waals surface area (Å²) in [5.41, 5.74) is 5.25. The molecule has 1 aromatic heterocycles. The summed E-state index contributed by atoms with van der Waals surface area (Å²) in [6.07, 6.45) is 4.46. The third kappa shape index (κ3) is 6.38. The van der Waals surface area contributed by atoms with Gasteiger partial charge in [-0.1, -0.05) is 48.0 Å². The average molecular weight is 541 g/mol. The van der Waals surface area contributed by atoms with Crippen molar-refractivity contribution >= 4 is 40.6 Å². The first-order valence-corrected chi connectivity index (χ1v) is 13.6. The fourth-order valence-electron chi connectivity index (χ4n) is 4.64. The second-order valence-corrected chi connectivity index (χ2v) is 10.4. The van der Waals surface area contributed by atoms with Crippen LogP contribution in [0.1, 0.15) is 30.4 Å². The fraction of sp³-hybridized carbons (Fsp3) is 0.258. The van der Waals surface area contributed by atoms with Crippen LogP contribution < -0.4 is 21.3 Å². The van der Waals surface area contributed by atoms with Crippen LogP contribution in [0.15, 0.2) is 79.0 Å². The van der Waals surface area contributed by atoms with E-state index in [0.29, 0.717) is 11.0 Å². The third-order valence-corrected chi connectivity index (χ3v) is 7.25. The van der Waals surface area contributed by atoms with Crippen LogP contribution in [0.25, 0.3) is 11.1 Å². The van der Waals surface area contributed by atoms with Crippen molar-refractivity contribution in [3.63, 3.8) is 0 Å². The molecule has 1 aliphatic carbocycles. The van der Waals surface area contributed by atoms with Crippen molar-refractivity contribution in [1.82, 2.24) is 15.3 Å². The van der Waals surface area contributed by atoms with Crippen LogP contribution in [-0.4, -0.2) is 36.0 Å². The van der Waals surface area contributed by atoms with E-state index in [1.54, 1.807) is 0 Å². The van der Waals surface area contributed by atoms with Crippen molar-refractivity contribution in [2.75, 3.05) is 36.1 Å². The molecule has 1 heterocycles. The number of carbonyl (C=O) groups excluding carboxylic acids is 1. The second kappa shape index (κ2) is 11.8. The number of benzene rings is 3. The first kappa shape index (κ1) is 26.7. The van der Waals surface area contributed by atoms with E-state index < -0.39 is 5.41 Å². The predicted molar refractivity (Wildman–Crippen MR) is 160 cm³/mol. The largest absolute Gasteiger partial charge is 0.369 e. The van der Waals surface area contributed by atoms with Gasteiger partial charge in [-0.2, -0.15) is 4.98 Å². The number of nitrogens with one attached hydrogen (secondary N) is 4. The maximum Gasteiger partial charge on any atom is 0.235 e. The van der Waals surface area contributed by atoms with Crippen molar-refractivity contribution in [2.24, 2.45) is 0 Å². The van der Waals surface area contributed by atoms with Crippen LogP contribution >= 0.6 is 11.6 Å². The Hall–Kier alpha value is -3.94. The van der Waals surface area contributed by atoms with E-state index >= 15 is 0 Å². The summed E-state index contributed by atoms with van der Waals surface area (Å²) in [7, 11) is 1.95. The molecule has 0 atom stereocenters. The zero-order valence-electron chi connectivity index (χ0n) is 22.2. The van der Waals surface area contributed by atoms with E-state index in [-0.39, 0.29) is 5.91 Å². The van der Waals surface area contributed by atoms with E-state index in [4.69, 9.17) is 16.6 Å². The molecule has 0 bridgehead atoms. The van der Waals surface area contributed by atoms with Crippen LogP contribution in [0, 0.1) is 6.92 Å². The lowest BCUT2D eigenvalue weighted by Gasteiger charge is -2.17. The van der Waals surface area contributed by atoms with Gasteiger partial charge < -0.3 is 21.3 Å². The molecule has 0 saturated heterocycles. The summed E-state index contributed by atoms with van der Waals surface area (Å²) in [5, 5.41) is 13.7. The van der Waals surface area contributed by atoms with Crippen molar-refractivity contribution in [3.8, 4) is 11.1 Å². The summed E-state index contributed by atoms with van der Waals surface area (Å²) in [5.74, 6) is 1.30. The van der Waals surface area contributed by atoms with E-state index in [1.807, 2.05) is 73.9 Å². The van der Waals surface area contributed by atoms with Gasteiger partial charge in [0, 0.05) is 34.7 Å². The molecule has 0 aliphatic heterocycles. The van der Waals surface area contributed by atoms with E-state index in [0.717, 1.165) is 71.8 Å². The van der Waals surface area contributed by atoms with Gasteiger partial charge in [0.2, 0.25) is 11.9 Å². The van der Waals surface area contributed by atoms with Crippen molar-refractivity contribution < 1.29 is 4.79 Å². The Morgan fingerprint density at radius 3 is 2.44 bits per heavy atom. The van der Waals surface area contributed by atoms with Gasteiger partial charge in [0.05, 0.1) is 5.41 Å². The summed E-state index contributed by atoms with van der Waals surface area (Å²) in [6.45, 7) is 3.74. The van der Waals surface area contributed by atoms with Crippen molar-refractivity contribution in [1.29, 1.82) is 0 Å². The Labute approximate surface area is 234 Å². The minimum atomic E-state index is -0.471. The third-order valence-electron chi connectivity index (χ3n) is 6.99. The zero-order valence-corrected chi connectivity index (χ0v) is 23.0. The minimum absolute atomic E-state index is 0.0133. The van der Waals surface area contributed by atoms with Gasteiger partial charge in [0.1, 0.15) is 5.82 Å². The standard InChI is InChI=1S/C31H33ClN6O/c1-21-5-3-6-26(19-21)37-30-35-20-27(28(38-30)34-18-4-17-33-2)22-7-13-25(14-8-22)36-29(39)31(15-16-31)23-9-11-24(32)12-10-23/h3,5-14,19-20,33H,4,15-18H2,1-2H3,(H,36,39)(H2,34,35,37,38). The topological polar surface area (TPSA) is 91.0 Å². The van der Waals surface area contributed by atoms with Crippen LogP contribution in [-0.2, 0) is 10.2 Å². The molecule has 0 spiro atoms. The Morgan fingerprint density at radius 2 is 1.74 bits per heavy atom. The fourth-order valence-corrected chi connectivity index (χ4v) is 4.76. The highest BCUT2D eigenvalue weighted by Crippen LogP contribution is 2.49. The molecule has 0 unspecified atom stereocenters. The Morgan fingerprint density at radius 1 is 0.974 bits per heavy atom. The lowest BCUT2D eigenvalue weighted by atomic mass is 9.95. The second-order valence-electron chi connectivity index (χ2n) is 9.95. The van der Waals surface area contributed by atoms with E-state index in [1.165, 1.54) is 0 Å². The molecule has 1 saturated carbocycles. The van der Waals surface area contributed by atoms with Gasteiger partial charge >= 0.3 is 0 Å². The highest BCUT2D eigenvalue weighted by Gasteiger charge is 2.51. The van der Waals surface area contributed by atoms with Gasteiger partial charge in [-0.3, -0.25) is 4.79 Å². The summed E-state index contributed by atoms with van der Waals surface area (Å²) < 4.78 is 0. The highest BCUT2D eigenvalue weighted by molar-refractivity contribution is 6.30. The van der Waals surface area contributed by atoms with Crippen LogP contribution in [0.3, 0.4) is 0 Å².